The van der Waals surface area contributed by atoms with E-state index in [1.165, 1.54) is 10.8 Å². The first kappa shape index (κ1) is 12.6. The second-order valence-corrected chi connectivity index (χ2v) is 4.40. The van der Waals surface area contributed by atoms with Crippen molar-refractivity contribution < 1.29 is 9.94 Å². The molecule has 5 heteroatoms. The first-order valence-electron chi connectivity index (χ1n) is 5.65. The second-order valence-electron chi connectivity index (χ2n) is 4.01. The summed E-state index contributed by atoms with van der Waals surface area (Å²) in [6, 6.07) is 6.90. The van der Waals surface area contributed by atoms with Crippen LogP contribution in [-0.2, 0) is 13.5 Å². The average Bonchev–Trinajstić information content (AvgIpc) is 2.37. The second kappa shape index (κ2) is 4.82. The zero-order valence-electron chi connectivity index (χ0n) is 10.2. The van der Waals surface area contributed by atoms with Gasteiger partial charge in [-0.25, -0.2) is 0 Å². The number of hydrogen-bond donors (Lipinski definition) is 1. The van der Waals surface area contributed by atoms with Gasteiger partial charge in [-0.15, -0.1) is 0 Å². The lowest BCUT2D eigenvalue weighted by Crippen LogP contribution is -2.36. The summed E-state index contributed by atoms with van der Waals surface area (Å²) in [4.78, 5) is 12.2. The molecule has 2 aromatic rings. The first-order chi connectivity index (χ1) is 8.56. The summed E-state index contributed by atoms with van der Waals surface area (Å²) in [5.41, 5.74) is 1.62. The number of hydrogen-bond acceptors (Lipinski definition) is 2. The molecule has 1 N–H and O–H groups in total. The summed E-state index contributed by atoms with van der Waals surface area (Å²) < 4.78 is 2.33. The predicted octanol–water partition coefficient (Wildman–Crippen LogP) is 1.79. The van der Waals surface area contributed by atoms with Crippen LogP contribution in [0.1, 0.15) is 12.5 Å². The van der Waals surface area contributed by atoms with Gasteiger partial charge in [-0.05, 0) is 24.6 Å². The van der Waals surface area contributed by atoms with E-state index in [0.29, 0.717) is 16.4 Å². The highest BCUT2D eigenvalue weighted by Gasteiger charge is 2.21. The normalized spacial score (nSPS) is 10.6. The minimum atomic E-state index is -0.230. The molecule has 0 spiro atoms. The van der Waals surface area contributed by atoms with Crippen LogP contribution in [0.2, 0.25) is 5.15 Å². The Morgan fingerprint density at radius 1 is 1.39 bits per heavy atom. The van der Waals surface area contributed by atoms with Crippen LogP contribution < -0.4 is 10.3 Å². The maximum Gasteiger partial charge on any atom is 0.273 e. The fraction of sp³-hybridized carbons (Fsp3) is 0.231. The van der Waals surface area contributed by atoms with E-state index in [4.69, 9.17) is 11.6 Å². The maximum atomic E-state index is 12.2. The van der Waals surface area contributed by atoms with Gasteiger partial charge in [0.1, 0.15) is 10.7 Å². The molecule has 2 aromatic heterocycles. The van der Waals surface area contributed by atoms with Crippen molar-refractivity contribution in [2.24, 2.45) is 7.05 Å². The zero-order chi connectivity index (χ0) is 13.3. The molecule has 0 aliphatic heterocycles. The molecule has 0 fully saturated rings. The number of halogens is 1. The zero-order valence-corrected chi connectivity index (χ0v) is 11.0. The molecule has 18 heavy (non-hydrogen) atoms. The van der Waals surface area contributed by atoms with Gasteiger partial charge in [-0.2, -0.15) is 0 Å². The highest BCUT2D eigenvalue weighted by molar-refractivity contribution is 6.29. The van der Waals surface area contributed by atoms with Crippen LogP contribution in [0.5, 0.6) is 0 Å². The number of aromatic nitrogens is 2. The average molecular weight is 266 g/mol. The Labute approximate surface area is 110 Å². The van der Waals surface area contributed by atoms with E-state index < -0.39 is 0 Å². The van der Waals surface area contributed by atoms with Crippen molar-refractivity contribution in [2.75, 3.05) is 0 Å². The molecule has 0 aromatic carbocycles. The number of nitrogens with zero attached hydrogens (tertiary/aromatic N) is 2. The van der Waals surface area contributed by atoms with Gasteiger partial charge in [-0.3, -0.25) is 10.0 Å². The van der Waals surface area contributed by atoms with Gasteiger partial charge in [0.2, 0.25) is 6.20 Å². The lowest BCUT2D eigenvalue weighted by molar-refractivity contribution is -0.896. The Morgan fingerprint density at radius 2 is 2.11 bits per heavy atom. The molecular formula is C13H14ClN2O2+. The van der Waals surface area contributed by atoms with Crippen LogP contribution >= 0.6 is 11.6 Å². The summed E-state index contributed by atoms with van der Waals surface area (Å²) in [7, 11) is 1.60. The molecule has 0 bridgehead atoms. The number of rotatable bonds is 2. The Hall–Kier alpha value is -1.81. The van der Waals surface area contributed by atoms with Gasteiger partial charge in [0.15, 0.2) is 0 Å². The summed E-state index contributed by atoms with van der Waals surface area (Å²) in [5, 5.41) is 10.3. The Kier molecular flexibility index (Phi) is 3.39. The predicted molar refractivity (Wildman–Crippen MR) is 68.9 cm³/mol. The van der Waals surface area contributed by atoms with Crippen LogP contribution in [0.4, 0.5) is 0 Å². The molecule has 0 saturated heterocycles. The molecule has 0 amide bonds. The van der Waals surface area contributed by atoms with E-state index in [9.17, 15) is 10.0 Å². The largest absolute Gasteiger partial charge is 0.301 e. The van der Waals surface area contributed by atoms with Gasteiger partial charge < -0.3 is 4.57 Å². The van der Waals surface area contributed by atoms with Crippen molar-refractivity contribution in [3.63, 3.8) is 0 Å². The van der Waals surface area contributed by atoms with Crippen LogP contribution in [0.3, 0.4) is 0 Å². The summed E-state index contributed by atoms with van der Waals surface area (Å²) in [6.07, 6.45) is 2.23. The van der Waals surface area contributed by atoms with E-state index >= 15 is 0 Å². The van der Waals surface area contributed by atoms with E-state index in [2.05, 4.69) is 0 Å². The highest BCUT2D eigenvalue weighted by atomic mass is 35.5. The lowest BCUT2D eigenvalue weighted by atomic mass is 10.1. The van der Waals surface area contributed by atoms with E-state index in [-0.39, 0.29) is 5.56 Å². The number of pyridine rings is 2. The third kappa shape index (κ3) is 1.99. The van der Waals surface area contributed by atoms with Crippen molar-refractivity contribution in [3.05, 3.63) is 51.5 Å². The van der Waals surface area contributed by atoms with E-state index in [1.807, 2.05) is 13.0 Å². The quantitative estimate of drug-likeness (QED) is 0.511. The van der Waals surface area contributed by atoms with Crippen molar-refractivity contribution in [1.29, 1.82) is 0 Å². The van der Waals surface area contributed by atoms with Gasteiger partial charge in [0, 0.05) is 23.4 Å². The third-order valence-corrected chi connectivity index (χ3v) is 3.32. The summed E-state index contributed by atoms with van der Waals surface area (Å²) in [5.74, 6) is 0. The monoisotopic (exact) mass is 265 g/mol. The van der Waals surface area contributed by atoms with Crippen molar-refractivity contribution in [2.45, 2.75) is 13.3 Å². The van der Waals surface area contributed by atoms with Crippen molar-refractivity contribution >= 4 is 11.6 Å². The number of aryl methyl sites for hydroxylation is 1. The SMILES string of the molecule is CCc1ccc[n+](O)c1-c1ccc(Cl)n(C)c1=O. The van der Waals surface area contributed by atoms with Crippen molar-refractivity contribution in [1.82, 2.24) is 4.57 Å². The minimum Gasteiger partial charge on any atom is -0.301 e. The molecule has 0 saturated carbocycles. The molecule has 0 atom stereocenters. The summed E-state index contributed by atoms with van der Waals surface area (Å²) in [6.45, 7) is 1.97. The summed E-state index contributed by atoms with van der Waals surface area (Å²) >= 11 is 5.88. The van der Waals surface area contributed by atoms with Crippen molar-refractivity contribution in [3.8, 4) is 11.3 Å². The Balaban J connectivity index is 2.78. The topological polar surface area (TPSA) is 46.1 Å². The molecule has 2 rings (SSSR count). The Bertz CT molecular complexity index is 650. The third-order valence-electron chi connectivity index (χ3n) is 2.94. The molecule has 0 unspecified atom stereocenters. The van der Waals surface area contributed by atoms with Crippen LogP contribution in [-0.4, -0.2) is 9.77 Å². The van der Waals surface area contributed by atoms with Gasteiger partial charge >= 0.3 is 0 Å². The molecule has 0 aliphatic carbocycles. The fourth-order valence-corrected chi connectivity index (χ4v) is 2.06. The van der Waals surface area contributed by atoms with Gasteiger partial charge in [0.25, 0.3) is 11.3 Å². The smallest absolute Gasteiger partial charge is 0.273 e. The van der Waals surface area contributed by atoms with Gasteiger partial charge in [0.05, 0.1) is 0 Å². The lowest BCUT2D eigenvalue weighted by Gasteiger charge is -2.05. The molecule has 94 valence electrons. The molecular weight excluding hydrogens is 252 g/mol. The van der Waals surface area contributed by atoms with Crippen LogP contribution in [0.25, 0.3) is 11.3 Å². The van der Waals surface area contributed by atoms with E-state index in [0.717, 1.165) is 16.7 Å². The maximum absolute atomic E-state index is 12.2. The first-order valence-corrected chi connectivity index (χ1v) is 6.02. The van der Waals surface area contributed by atoms with Crippen LogP contribution in [0.15, 0.2) is 35.3 Å². The molecule has 4 nitrogen and oxygen atoms in total. The molecule has 2 heterocycles. The van der Waals surface area contributed by atoms with E-state index in [1.54, 1.807) is 25.2 Å². The molecule has 0 radical (unpaired) electrons. The minimum absolute atomic E-state index is 0.230. The van der Waals surface area contributed by atoms with Crippen LogP contribution in [0, 0.1) is 0 Å². The standard InChI is InChI=1S/C13H14ClN2O2/c1-3-9-5-4-8-16(18)12(9)10-6-7-11(14)15(2)13(10)17/h4-8,18H,3H2,1-2H3/q+1. The Morgan fingerprint density at radius 3 is 2.78 bits per heavy atom. The molecule has 0 aliphatic rings. The van der Waals surface area contributed by atoms with Gasteiger partial charge in [-0.1, -0.05) is 18.5 Å². The fourth-order valence-electron chi connectivity index (χ4n) is 1.92. The highest BCUT2D eigenvalue weighted by Crippen LogP contribution is 2.18.